The number of hydrogen-bond acceptors (Lipinski definition) is 2. The maximum Gasteiger partial charge on any atom is 0.416 e. The minimum atomic E-state index is -4.38. The summed E-state index contributed by atoms with van der Waals surface area (Å²) < 4.78 is 37.4. The van der Waals surface area contributed by atoms with E-state index in [9.17, 15) is 18.0 Å². The van der Waals surface area contributed by atoms with Gasteiger partial charge < -0.3 is 10.4 Å². The Labute approximate surface area is 128 Å². The molecule has 1 amide bonds. The number of amides is 1. The van der Waals surface area contributed by atoms with Gasteiger partial charge in [0.15, 0.2) is 0 Å². The van der Waals surface area contributed by atoms with Crippen LogP contribution in [0.1, 0.15) is 38.3 Å². The van der Waals surface area contributed by atoms with Crippen molar-refractivity contribution in [1.29, 1.82) is 0 Å². The molecule has 1 rings (SSSR count). The summed E-state index contributed by atoms with van der Waals surface area (Å²) >= 11 is 0. The fourth-order valence-electron chi connectivity index (χ4n) is 2.09. The monoisotopic (exact) mass is 317 g/mol. The van der Waals surface area contributed by atoms with Crippen LogP contribution in [-0.2, 0) is 17.4 Å². The van der Waals surface area contributed by atoms with E-state index in [1.165, 1.54) is 12.1 Å². The van der Waals surface area contributed by atoms with Crippen LogP contribution in [0.3, 0.4) is 0 Å². The third-order valence-electron chi connectivity index (χ3n) is 3.44. The molecule has 0 fully saturated rings. The van der Waals surface area contributed by atoms with E-state index in [4.69, 9.17) is 5.11 Å². The van der Waals surface area contributed by atoms with Gasteiger partial charge in [-0.15, -0.1) is 0 Å². The van der Waals surface area contributed by atoms with Gasteiger partial charge in [0, 0.05) is 12.6 Å². The lowest BCUT2D eigenvalue weighted by atomic mass is 9.85. The molecule has 3 nitrogen and oxygen atoms in total. The van der Waals surface area contributed by atoms with E-state index in [2.05, 4.69) is 5.32 Å². The number of benzene rings is 1. The third kappa shape index (κ3) is 5.67. The number of rotatable bonds is 5. The van der Waals surface area contributed by atoms with Gasteiger partial charge in [-0.1, -0.05) is 32.9 Å². The third-order valence-corrected chi connectivity index (χ3v) is 3.44. The number of carbonyl (C=O) groups excluding carboxylic acids is 1. The second-order valence-electron chi connectivity index (χ2n) is 6.37. The molecule has 1 aromatic carbocycles. The van der Waals surface area contributed by atoms with Crippen LogP contribution in [0.5, 0.6) is 0 Å². The molecular weight excluding hydrogens is 295 g/mol. The predicted octanol–water partition coefficient (Wildman–Crippen LogP) is 3.16. The van der Waals surface area contributed by atoms with Crippen molar-refractivity contribution >= 4 is 5.91 Å². The molecule has 0 aliphatic rings. The van der Waals surface area contributed by atoms with Crippen molar-refractivity contribution in [3.05, 3.63) is 35.4 Å². The average Bonchev–Trinajstić information content (AvgIpc) is 2.36. The molecule has 0 saturated heterocycles. The topological polar surface area (TPSA) is 49.3 Å². The van der Waals surface area contributed by atoms with E-state index in [0.717, 1.165) is 12.1 Å². The molecule has 0 saturated carbocycles. The quantitative estimate of drug-likeness (QED) is 0.876. The highest BCUT2D eigenvalue weighted by molar-refractivity contribution is 5.78. The van der Waals surface area contributed by atoms with Crippen LogP contribution in [-0.4, -0.2) is 23.7 Å². The van der Waals surface area contributed by atoms with Crippen LogP contribution in [0, 0.1) is 5.41 Å². The number of alkyl halides is 3. The number of hydrogen-bond donors (Lipinski definition) is 2. The Hall–Kier alpha value is -1.56. The first-order chi connectivity index (χ1) is 10.0. The Bertz CT molecular complexity index is 490. The van der Waals surface area contributed by atoms with Crippen molar-refractivity contribution in [2.45, 2.75) is 45.8 Å². The van der Waals surface area contributed by atoms with E-state index >= 15 is 0 Å². The lowest BCUT2D eigenvalue weighted by Gasteiger charge is -2.31. The summed E-state index contributed by atoms with van der Waals surface area (Å²) in [5.74, 6) is -0.270. The van der Waals surface area contributed by atoms with Crippen molar-refractivity contribution in [1.82, 2.24) is 5.32 Å². The number of carbonyl (C=O) groups is 1. The van der Waals surface area contributed by atoms with Crippen LogP contribution in [0.15, 0.2) is 24.3 Å². The van der Waals surface area contributed by atoms with Gasteiger partial charge in [-0.3, -0.25) is 4.79 Å². The first-order valence-corrected chi connectivity index (χ1v) is 7.10. The van der Waals surface area contributed by atoms with E-state index in [0.29, 0.717) is 12.0 Å². The summed E-state index contributed by atoms with van der Waals surface area (Å²) in [7, 11) is 0. The molecule has 1 atom stereocenters. The summed E-state index contributed by atoms with van der Waals surface area (Å²) in [4.78, 5) is 12.0. The van der Waals surface area contributed by atoms with Gasteiger partial charge in [0.2, 0.25) is 5.91 Å². The van der Waals surface area contributed by atoms with Gasteiger partial charge >= 0.3 is 6.18 Å². The molecule has 0 radical (unpaired) electrons. The van der Waals surface area contributed by atoms with Crippen LogP contribution in [0.25, 0.3) is 0 Å². The highest BCUT2D eigenvalue weighted by Crippen LogP contribution is 2.29. The first-order valence-electron chi connectivity index (χ1n) is 7.10. The molecule has 0 bridgehead atoms. The van der Waals surface area contributed by atoms with Gasteiger partial charge in [0.1, 0.15) is 0 Å². The zero-order valence-corrected chi connectivity index (χ0v) is 13.0. The highest BCUT2D eigenvalue weighted by atomic mass is 19.4. The molecular formula is C16H22F3NO2. The molecule has 0 aliphatic carbocycles. The van der Waals surface area contributed by atoms with E-state index in [-0.39, 0.29) is 30.4 Å². The molecule has 0 heterocycles. The van der Waals surface area contributed by atoms with E-state index < -0.39 is 11.7 Å². The average molecular weight is 317 g/mol. The van der Waals surface area contributed by atoms with E-state index in [1.54, 1.807) is 0 Å². The Balaban J connectivity index is 2.68. The smallest absolute Gasteiger partial charge is 0.396 e. The van der Waals surface area contributed by atoms with Gasteiger partial charge in [-0.05, 0) is 29.5 Å². The maximum absolute atomic E-state index is 12.5. The fourth-order valence-corrected chi connectivity index (χ4v) is 2.09. The van der Waals surface area contributed by atoms with Crippen molar-refractivity contribution in [3.8, 4) is 0 Å². The number of nitrogens with one attached hydrogen (secondary N) is 1. The highest BCUT2D eigenvalue weighted by Gasteiger charge is 2.30. The molecule has 2 N–H and O–H groups in total. The zero-order valence-electron chi connectivity index (χ0n) is 13.0. The molecule has 0 aromatic heterocycles. The summed E-state index contributed by atoms with van der Waals surface area (Å²) in [6.07, 6.45) is -3.93. The van der Waals surface area contributed by atoms with E-state index in [1.807, 2.05) is 20.8 Å². The standard InChI is InChI=1S/C16H22F3NO2/c1-15(2,3)13(8-9-21)20-14(22)10-11-4-6-12(7-5-11)16(17,18)19/h4-7,13,21H,8-10H2,1-3H3,(H,20,22). The maximum atomic E-state index is 12.5. The first kappa shape index (κ1) is 18.5. The van der Waals surface area contributed by atoms with Gasteiger partial charge in [0.05, 0.1) is 12.0 Å². The lowest BCUT2D eigenvalue weighted by molar-refractivity contribution is -0.137. The summed E-state index contributed by atoms with van der Waals surface area (Å²) in [6.45, 7) is 5.81. The SMILES string of the molecule is CC(C)(C)C(CCO)NC(=O)Cc1ccc(C(F)(F)F)cc1. The second-order valence-corrected chi connectivity index (χ2v) is 6.37. The van der Waals surface area contributed by atoms with Crippen molar-refractivity contribution < 1.29 is 23.1 Å². The van der Waals surface area contributed by atoms with Gasteiger partial charge in [-0.2, -0.15) is 13.2 Å². The normalized spacial score (nSPS) is 13.8. The van der Waals surface area contributed by atoms with Crippen molar-refractivity contribution in [3.63, 3.8) is 0 Å². The van der Waals surface area contributed by atoms with Gasteiger partial charge in [0.25, 0.3) is 0 Å². The lowest BCUT2D eigenvalue weighted by Crippen LogP contribution is -2.44. The van der Waals surface area contributed by atoms with Gasteiger partial charge in [-0.25, -0.2) is 0 Å². The molecule has 1 aromatic rings. The number of aliphatic hydroxyl groups is 1. The van der Waals surface area contributed by atoms with Crippen LogP contribution in [0.4, 0.5) is 13.2 Å². The summed E-state index contributed by atoms with van der Waals surface area (Å²) in [6, 6.07) is 4.36. The molecule has 0 spiro atoms. The Morgan fingerprint density at radius 3 is 2.14 bits per heavy atom. The molecule has 0 aliphatic heterocycles. The number of aliphatic hydroxyl groups excluding tert-OH is 1. The van der Waals surface area contributed by atoms with Crippen LogP contribution in [0.2, 0.25) is 0 Å². The minimum absolute atomic E-state index is 0.0101. The Kier molecular flexibility index (Phi) is 6.00. The molecule has 22 heavy (non-hydrogen) atoms. The number of halogens is 3. The predicted molar refractivity (Wildman–Crippen MR) is 78.2 cm³/mol. The zero-order chi connectivity index (χ0) is 17.0. The fraction of sp³-hybridized carbons (Fsp3) is 0.562. The van der Waals surface area contributed by atoms with Crippen molar-refractivity contribution in [2.24, 2.45) is 5.41 Å². The van der Waals surface area contributed by atoms with Crippen molar-refractivity contribution in [2.75, 3.05) is 6.61 Å². The molecule has 6 heteroatoms. The molecule has 124 valence electrons. The molecule has 1 unspecified atom stereocenters. The summed E-state index contributed by atoms with van der Waals surface area (Å²) in [5.41, 5.74) is -0.426. The summed E-state index contributed by atoms with van der Waals surface area (Å²) in [5, 5.41) is 11.9. The second kappa shape index (κ2) is 7.13. The minimum Gasteiger partial charge on any atom is -0.396 e. The van der Waals surface area contributed by atoms with Crippen LogP contribution >= 0.6 is 0 Å². The Morgan fingerprint density at radius 2 is 1.73 bits per heavy atom. The van der Waals surface area contributed by atoms with Crippen LogP contribution < -0.4 is 5.32 Å². The Morgan fingerprint density at radius 1 is 1.18 bits per heavy atom. The largest absolute Gasteiger partial charge is 0.416 e.